The summed E-state index contributed by atoms with van der Waals surface area (Å²) in [7, 11) is 4.37. The minimum atomic E-state index is -0.582. The monoisotopic (exact) mass is 453 g/mol. The average Bonchev–Trinajstić information content (AvgIpc) is 3.02. The van der Waals surface area contributed by atoms with E-state index in [1.807, 2.05) is 0 Å². The highest BCUT2D eigenvalue weighted by atomic mass is 16.6. The first kappa shape index (κ1) is 23.8. The molecule has 0 aromatic heterocycles. The summed E-state index contributed by atoms with van der Waals surface area (Å²) in [5.41, 5.74) is 2.48. The van der Waals surface area contributed by atoms with Crippen molar-refractivity contribution in [2.75, 3.05) is 21.3 Å². The molecule has 0 fully saturated rings. The van der Waals surface area contributed by atoms with Crippen LogP contribution in [0.5, 0.6) is 23.0 Å². The molecule has 0 saturated heterocycles. The Bertz CT molecular complexity index is 1170. The second-order valence-corrected chi connectivity index (χ2v) is 7.47. The number of allylic oxidation sites excluding steroid dienone is 1. The number of carbonyl (C=O) groups is 2. The minimum Gasteiger partial charge on any atom is -0.493 e. The SMILES string of the molecule is C/C=C/C(=O)Oc1c(OC)cc2c(c1OC)-c1ccc(OC)c(=O)cc1[C@@H](NC(C)=O)CC2. The summed E-state index contributed by atoms with van der Waals surface area (Å²) in [4.78, 5) is 36.9. The molecule has 1 amide bonds. The smallest absolute Gasteiger partial charge is 0.336 e. The van der Waals surface area contributed by atoms with Gasteiger partial charge in [0.25, 0.3) is 0 Å². The molecule has 2 aromatic rings. The maximum Gasteiger partial charge on any atom is 0.336 e. The van der Waals surface area contributed by atoms with Crippen molar-refractivity contribution in [1.29, 1.82) is 0 Å². The van der Waals surface area contributed by atoms with Gasteiger partial charge in [-0.25, -0.2) is 4.79 Å². The van der Waals surface area contributed by atoms with Crippen LogP contribution in [0.1, 0.15) is 37.4 Å². The average molecular weight is 453 g/mol. The number of hydrogen-bond donors (Lipinski definition) is 1. The topological polar surface area (TPSA) is 100 Å². The molecule has 1 N–H and O–H groups in total. The molecule has 0 saturated carbocycles. The molecule has 3 rings (SSSR count). The van der Waals surface area contributed by atoms with Crippen LogP contribution in [-0.2, 0) is 16.0 Å². The van der Waals surface area contributed by atoms with Crippen LogP contribution >= 0.6 is 0 Å². The summed E-state index contributed by atoms with van der Waals surface area (Å²) in [5, 5.41) is 2.94. The van der Waals surface area contributed by atoms with E-state index in [0.717, 1.165) is 5.56 Å². The molecule has 1 atom stereocenters. The number of fused-ring (bicyclic) bond motifs is 3. The van der Waals surface area contributed by atoms with Gasteiger partial charge in [-0.05, 0) is 54.7 Å². The van der Waals surface area contributed by atoms with Gasteiger partial charge in [0, 0.05) is 18.6 Å². The minimum absolute atomic E-state index is 0.131. The number of benzene rings is 1. The van der Waals surface area contributed by atoms with Gasteiger partial charge >= 0.3 is 5.97 Å². The van der Waals surface area contributed by atoms with E-state index in [2.05, 4.69) is 5.32 Å². The van der Waals surface area contributed by atoms with Gasteiger partial charge in [-0.2, -0.15) is 0 Å². The Labute approximate surface area is 192 Å². The Balaban J connectivity index is 2.39. The van der Waals surface area contributed by atoms with Gasteiger partial charge in [0.2, 0.25) is 17.1 Å². The zero-order chi connectivity index (χ0) is 24.1. The molecule has 8 heteroatoms. The normalized spacial score (nSPS) is 14.5. The zero-order valence-corrected chi connectivity index (χ0v) is 19.3. The molecular weight excluding hydrogens is 426 g/mol. The molecule has 0 aliphatic heterocycles. The van der Waals surface area contributed by atoms with Crippen LogP contribution in [0.4, 0.5) is 0 Å². The second kappa shape index (κ2) is 10.2. The van der Waals surface area contributed by atoms with Crippen molar-refractivity contribution >= 4 is 11.9 Å². The number of methoxy groups -OCH3 is 3. The lowest BCUT2D eigenvalue weighted by atomic mass is 9.95. The molecule has 1 aliphatic rings. The number of hydrogen-bond acceptors (Lipinski definition) is 7. The second-order valence-electron chi connectivity index (χ2n) is 7.47. The van der Waals surface area contributed by atoms with Crippen molar-refractivity contribution in [3.8, 4) is 34.1 Å². The predicted octanol–water partition coefficient (Wildman–Crippen LogP) is 3.34. The van der Waals surface area contributed by atoms with E-state index in [1.165, 1.54) is 40.4 Å². The van der Waals surface area contributed by atoms with Crippen LogP contribution in [0.25, 0.3) is 11.1 Å². The third kappa shape index (κ3) is 4.84. The summed E-state index contributed by atoms with van der Waals surface area (Å²) < 4.78 is 22.0. The van der Waals surface area contributed by atoms with E-state index in [-0.39, 0.29) is 22.8 Å². The maximum atomic E-state index is 12.8. The molecule has 174 valence electrons. The number of aryl methyl sites for hydroxylation is 1. The van der Waals surface area contributed by atoms with Crippen molar-refractivity contribution in [3.05, 3.63) is 57.8 Å². The lowest BCUT2D eigenvalue weighted by Gasteiger charge is -2.20. The van der Waals surface area contributed by atoms with E-state index < -0.39 is 12.0 Å². The van der Waals surface area contributed by atoms with Gasteiger partial charge in [0.1, 0.15) is 0 Å². The van der Waals surface area contributed by atoms with Gasteiger partial charge in [-0.1, -0.05) is 12.1 Å². The first-order valence-electron chi connectivity index (χ1n) is 10.5. The zero-order valence-electron chi connectivity index (χ0n) is 19.3. The van der Waals surface area contributed by atoms with Crippen LogP contribution in [-0.4, -0.2) is 33.2 Å². The fourth-order valence-electron chi connectivity index (χ4n) is 4.04. The Kier molecular flexibility index (Phi) is 7.37. The maximum absolute atomic E-state index is 12.8. The van der Waals surface area contributed by atoms with Gasteiger partial charge in [0.05, 0.1) is 27.4 Å². The van der Waals surface area contributed by atoms with Crippen LogP contribution in [0.15, 0.2) is 41.2 Å². The van der Waals surface area contributed by atoms with E-state index in [9.17, 15) is 14.4 Å². The quantitative estimate of drug-likeness (QED) is 0.407. The van der Waals surface area contributed by atoms with Crippen LogP contribution in [0, 0.1) is 0 Å². The van der Waals surface area contributed by atoms with Crippen molar-refractivity contribution in [2.45, 2.75) is 32.7 Å². The van der Waals surface area contributed by atoms with Gasteiger partial charge < -0.3 is 24.3 Å². The number of rotatable bonds is 6. The number of ether oxygens (including phenoxy) is 4. The fraction of sp³-hybridized carbons (Fsp3) is 0.320. The number of nitrogens with one attached hydrogen (secondary N) is 1. The van der Waals surface area contributed by atoms with E-state index >= 15 is 0 Å². The highest BCUT2D eigenvalue weighted by molar-refractivity contribution is 5.88. The Morgan fingerprint density at radius 1 is 1.03 bits per heavy atom. The van der Waals surface area contributed by atoms with Gasteiger partial charge in [0.15, 0.2) is 17.2 Å². The summed E-state index contributed by atoms with van der Waals surface area (Å²) in [6.45, 7) is 3.14. The molecule has 2 aromatic carbocycles. The molecule has 0 unspecified atom stereocenters. The van der Waals surface area contributed by atoms with Crippen LogP contribution < -0.4 is 29.7 Å². The summed E-state index contributed by atoms with van der Waals surface area (Å²) in [6, 6.07) is 6.17. The van der Waals surface area contributed by atoms with Gasteiger partial charge in [-0.3, -0.25) is 9.59 Å². The number of amides is 1. The molecule has 0 heterocycles. The molecule has 0 bridgehead atoms. The first-order valence-corrected chi connectivity index (χ1v) is 10.5. The van der Waals surface area contributed by atoms with Crippen molar-refractivity contribution in [1.82, 2.24) is 5.32 Å². The Morgan fingerprint density at radius 2 is 1.76 bits per heavy atom. The number of esters is 1. The Hall–Kier alpha value is -3.81. The van der Waals surface area contributed by atoms with Crippen molar-refractivity contribution in [2.24, 2.45) is 0 Å². The van der Waals surface area contributed by atoms with E-state index in [0.29, 0.717) is 41.0 Å². The summed E-state index contributed by atoms with van der Waals surface area (Å²) in [6.07, 6.45) is 3.95. The molecular formula is C25H27NO7. The highest BCUT2D eigenvalue weighted by Gasteiger charge is 2.30. The molecule has 0 spiro atoms. The molecule has 0 radical (unpaired) electrons. The van der Waals surface area contributed by atoms with Crippen LogP contribution in [0.2, 0.25) is 0 Å². The lowest BCUT2D eigenvalue weighted by molar-refractivity contribution is -0.129. The highest BCUT2D eigenvalue weighted by Crippen LogP contribution is 2.50. The van der Waals surface area contributed by atoms with Crippen molar-refractivity contribution < 1.29 is 28.5 Å². The summed E-state index contributed by atoms with van der Waals surface area (Å²) >= 11 is 0. The third-order valence-corrected chi connectivity index (χ3v) is 5.40. The Morgan fingerprint density at radius 3 is 2.36 bits per heavy atom. The van der Waals surface area contributed by atoms with E-state index in [1.54, 1.807) is 31.2 Å². The third-order valence-electron chi connectivity index (χ3n) is 5.40. The lowest BCUT2D eigenvalue weighted by Crippen LogP contribution is -2.26. The van der Waals surface area contributed by atoms with Crippen LogP contribution in [0.3, 0.4) is 0 Å². The molecule has 33 heavy (non-hydrogen) atoms. The first-order chi connectivity index (χ1) is 15.8. The standard InChI is InChI=1S/C25H27NO7/c1-6-7-22(29)33-24-21(31-4)12-15-8-10-18(26-14(2)27)17-13-19(28)20(30-3)11-9-16(17)23(15)25(24)32-5/h6-7,9,11-13,18H,8,10H2,1-5H3,(H,26,27)/b7-6+/t18-/m0/s1. The summed E-state index contributed by atoms with van der Waals surface area (Å²) in [5.74, 6) is 0.134. The van der Waals surface area contributed by atoms with Gasteiger partial charge in [-0.15, -0.1) is 0 Å². The fourth-order valence-corrected chi connectivity index (χ4v) is 4.04. The molecule has 1 aliphatic carbocycles. The predicted molar refractivity (Wildman–Crippen MR) is 123 cm³/mol. The van der Waals surface area contributed by atoms with E-state index in [4.69, 9.17) is 18.9 Å². The molecule has 8 nitrogen and oxygen atoms in total. The number of carbonyl (C=O) groups excluding carboxylic acids is 2. The van der Waals surface area contributed by atoms with Crippen molar-refractivity contribution in [3.63, 3.8) is 0 Å². The largest absolute Gasteiger partial charge is 0.493 e.